The first-order valence-corrected chi connectivity index (χ1v) is 17.6. The molecule has 1 aromatic rings. The van der Waals surface area contributed by atoms with Gasteiger partial charge in [-0.3, -0.25) is 0 Å². The first-order valence-electron chi connectivity index (χ1n) is 17.6. The third kappa shape index (κ3) is 9.83. The zero-order valence-corrected chi connectivity index (χ0v) is 29.4. The van der Waals surface area contributed by atoms with E-state index in [-0.39, 0.29) is 0 Å². The number of unbranched alkanes of at least 4 members (excludes halogenated alkanes) is 2. The molecule has 0 spiro atoms. The van der Waals surface area contributed by atoms with Gasteiger partial charge in [-0.2, -0.15) is 0 Å². The monoisotopic (exact) mass is 581 g/mol. The van der Waals surface area contributed by atoms with Gasteiger partial charge in [0.2, 0.25) is 0 Å². The summed E-state index contributed by atoms with van der Waals surface area (Å²) >= 11 is 0. The molecule has 0 saturated heterocycles. The third-order valence-corrected chi connectivity index (χ3v) is 10.8. The molecule has 0 amide bonds. The van der Waals surface area contributed by atoms with Crippen molar-refractivity contribution in [2.75, 3.05) is 0 Å². The first kappa shape index (κ1) is 35.1. The molecular weight excluding hydrogens is 516 g/mol. The van der Waals surface area contributed by atoms with Gasteiger partial charge < -0.3 is 0 Å². The SMILES string of the molecule is C=C1CC(C(=C)C(C)[C@H](CCCCCC(C)CCC)c2cccc(C(=C)CC)c2)=C/C1=C/C1=C(C)CC[C@H](C(C)(C)C)C1. The average molecular weight is 581 g/mol. The van der Waals surface area contributed by atoms with Crippen LogP contribution in [0.1, 0.15) is 149 Å². The minimum atomic E-state index is 0.353. The summed E-state index contributed by atoms with van der Waals surface area (Å²) in [5.41, 5.74) is 12.7. The van der Waals surface area contributed by atoms with E-state index in [1.165, 1.54) is 109 Å². The Hall–Kier alpha value is -2.34. The van der Waals surface area contributed by atoms with Gasteiger partial charge in [-0.15, -0.1) is 0 Å². The molecule has 0 heterocycles. The lowest BCUT2D eigenvalue weighted by Crippen LogP contribution is -2.23. The van der Waals surface area contributed by atoms with Crippen molar-refractivity contribution in [2.45, 2.75) is 138 Å². The summed E-state index contributed by atoms with van der Waals surface area (Å²) in [4.78, 5) is 0. The van der Waals surface area contributed by atoms with Crippen LogP contribution in [0.3, 0.4) is 0 Å². The molecule has 0 aliphatic heterocycles. The summed E-state index contributed by atoms with van der Waals surface area (Å²) in [6.07, 6.45) is 19.7. The minimum absolute atomic E-state index is 0.353. The molecule has 0 saturated carbocycles. The van der Waals surface area contributed by atoms with Gasteiger partial charge in [-0.1, -0.05) is 149 Å². The highest BCUT2D eigenvalue weighted by Crippen LogP contribution is 2.44. The van der Waals surface area contributed by atoms with E-state index in [4.69, 9.17) is 6.58 Å². The highest BCUT2D eigenvalue weighted by atomic mass is 14.3. The lowest BCUT2D eigenvalue weighted by Gasteiger charge is -2.35. The molecule has 2 unspecified atom stereocenters. The molecule has 2 aliphatic rings. The quantitative estimate of drug-likeness (QED) is 0.181. The lowest BCUT2D eigenvalue weighted by atomic mass is 9.70. The molecule has 0 N–H and O–H groups in total. The van der Waals surface area contributed by atoms with Crippen molar-refractivity contribution in [3.05, 3.63) is 101 Å². The Bertz CT molecular complexity index is 1220. The van der Waals surface area contributed by atoms with Gasteiger partial charge in [0.05, 0.1) is 0 Å². The van der Waals surface area contributed by atoms with Crippen molar-refractivity contribution in [1.82, 2.24) is 0 Å². The Balaban J connectivity index is 1.81. The van der Waals surface area contributed by atoms with Gasteiger partial charge in [0.15, 0.2) is 0 Å². The van der Waals surface area contributed by atoms with E-state index in [9.17, 15) is 0 Å². The van der Waals surface area contributed by atoms with E-state index in [2.05, 4.69) is 105 Å². The Morgan fingerprint density at radius 3 is 2.42 bits per heavy atom. The predicted molar refractivity (Wildman–Crippen MR) is 193 cm³/mol. The Morgan fingerprint density at radius 2 is 1.74 bits per heavy atom. The molecular formula is C43H64. The van der Waals surface area contributed by atoms with Gasteiger partial charge in [0.25, 0.3) is 0 Å². The number of allylic oxidation sites excluding steroid dienone is 9. The molecule has 0 fully saturated rings. The van der Waals surface area contributed by atoms with Crippen LogP contribution in [-0.4, -0.2) is 0 Å². The summed E-state index contributed by atoms with van der Waals surface area (Å²) in [5.74, 6) is 2.44. The predicted octanol–water partition coefficient (Wildman–Crippen LogP) is 13.7. The first-order chi connectivity index (χ1) is 20.3. The summed E-state index contributed by atoms with van der Waals surface area (Å²) < 4.78 is 0. The summed E-state index contributed by atoms with van der Waals surface area (Å²) in [7, 11) is 0. The van der Waals surface area contributed by atoms with Crippen molar-refractivity contribution in [3.63, 3.8) is 0 Å². The van der Waals surface area contributed by atoms with Crippen LogP contribution in [0.4, 0.5) is 0 Å². The normalized spacial score (nSPS) is 20.7. The second kappa shape index (κ2) is 16.1. The highest BCUT2D eigenvalue weighted by Gasteiger charge is 2.30. The molecule has 2 aliphatic carbocycles. The van der Waals surface area contributed by atoms with Crippen LogP contribution in [-0.2, 0) is 0 Å². The number of benzene rings is 1. The standard InChI is InChI=1S/C43H64/c1-12-18-30(3)19-15-14-16-22-42(37-21-17-20-36(26-37)31(4)13-2)35(8)34(7)40-25-33(6)38(28-40)27-39-29-41(43(9,10)11)24-23-32(39)5/h17,20-21,26-28,30,35,41-42H,4,6-7,12-16,18-19,22-25,29H2,1-3,5,8-11H3/b38-27-/t30?,35?,41-,42-/m0/s1. The van der Waals surface area contributed by atoms with E-state index in [0.717, 1.165) is 24.7 Å². The summed E-state index contributed by atoms with van der Waals surface area (Å²) in [6, 6.07) is 9.24. The van der Waals surface area contributed by atoms with Gasteiger partial charge in [0.1, 0.15) is 0 Å². The van der Waals surface area contributed by atoms with Crippen molar-refractivity contribution >= 4 is 5.57 Å². The zero-order valence-electron chi connectivity index (χ0n) is 29.4. The summed E-state index contributed by atoms with van der Waals surface area (Å²) in [5, 5.41) is 0. The molecule has 43 heavy (non-hydrogen) atoms. The van der Waals surface area contributed by atoms with Crippen LogP contribution >= 0.6 is 0 Å². The van der Waals surface area contributed by atoms with Crippen LogP contribution in [0.2, 0.25) is 0 Å². The minimum Gasteiger partial charge on any atom is -0.0953 e. The second-order valence-electron chi connectivity index (χ2n) is 15.2. The maximum Gasteiger partial charge on any atom is -0.00229 e. The van der Waals surface area contributed by atoms with E-state index < -0.39 is 0 Å². The van der Waals surface area contributed by atoms with Crippen molar-refractivity contribution in [2.24, 2.45) is 23.2 Å². The fourth-order valence-electron chi connectivity index (χ4n) is 7.33. The lowest BCUT2D eigenvalue weighted by molar-refractivity contribution is 0.217. The highest BCUT2D eigenvalue weighted by molar-refractivity contribution is 5.64. The Labute approximate surface area is 267 Å². The van der Waals surface area contributed by atoms with E-state index in [1.54, 1.807) is 5.57 Å². The zero-order chi connectivity index (χ0) is 31.7. The Morgan fingerprint density at radius 1 is 1.02 bits per heavy atom. The fourth-order valence-corrected chi connectivity index (χ4v) is 7.33. The molecule has 4 atom stereocenters. The fraction of sp³-hybridized carbons (Fsp3) is 0.581. The van der Waals surface area contributed by atoms with Crippen LogP contribution in [0.25, 0.3) is 5.57 Å². The van der Waals surface area contributed by atoms with Crippen molar-refractivity contribution < 1.29 is 0 Å². The van der Waals surface area contributed by atoms with Crippen LogP contribution in [0.15, 0.2) is 89.6 Å². The van der Waals surface area contributed by atoms with Crippen molar-refractivity contribution in [1.29, 1.82) is 0 Å². The van der Waals surface area contributed by atoms with Crippen LogP contribution in [0.5, 0.6) is 0 Å². The second-order valence-corrected chi connectivity index (χ2v) is 15.2. The molecule has 0 heteroatoms. The van der Waals surface area contributed by atoms with E-state index >= 15 is 0 Å². The molecule has 236 valence electrons. The number of rotatable bonds is 15. The van der Waals surface area contributed by atoms with Gasteiger partial charge >= 0.3 is 0 Å². The van der Waals surface area contributed by atoms with E-state index in [1.807, 2.05) is 0 Å². The van der Waals surface area contributed by atoms with Crippen molar-refractivity contribution in [3.8, 4) is 0 Å². The topological polar surface area (TPSA) is 0 Å². The summed E-state index contributed by atoms with van der Waals surface area (Å²) in [6.45, 7) is 32.5. The number of hydrogen-bond donors (Lipinski definition) is 0. The van der Waals surface area contributed by atoms with Crippen LogP contribution in [0, 0.1) is 23.2 Å². The molecule has 0 bridgehead atoms. The molecule has 0 nitrogen and oxygen atoms in total. The molecule has 0 aromatic heterocycles. The average Bonchev–Trinajstić information content (AvgIpc) is 3.34. The van der Waals surface area contributed by atoms with Crippen LogP contribution < -0.4 is 0 Å². The number of hydrogen-bond acceptors (Lipinski definition) is 0. The molecule has 1 aromatic carbocycles. The largest absolute Gasteiger partial charge is 0.0953 e. The molecule has 3 rings (SSSR count). The Kier molecular flexibility index (Phi) is 13.2. The van der Waals surface area contributed by atoms with Gasteiger partial charge in [0, 0.05) is 0 Å². The van der Waals surface area contributed by atoms with E-state index in [0.29, 0.717) is 17.3 Å². The third-order valence-electron chi connectivity index (χ3n) is 10.8. The molecule has 0 radical (unpaired) electrons. The van der Waals surface area contributed by atoms with Gasteiger partial charge in [-0.05, 0) is 119 Å². The van der Waals surface area contributed by atoms with Gasteiger partial charge in [-0.25, -0.2) is 0 Å². The maximum absolute atomic E-state index is 4.75. The maximum atomic E-state index is 4.75. The smallest absolute Gasteiger partial charge is 0.00229 e.